The first-order valence-electron chi connectivity index (χ1n) is 6.60. The van der Waals surface area contributed by atoms with Crippen LogP contribution >= 0.6 is 22.9 Å². The number of benzene rings is 1. The second-order valence-electron chi connectivity index (χ2n) is 4.49. The van der Waals surface area contributed by atoms with Gasteiger partial charge in [0, 0.05) is 16.0 Å². The van der Waals surface area contributed by atoms with Crippen molar-refractivity contribution in [3.63, 3.8) is 0 Å². The summed E-state index contributed by atoms with van der Waals surface area (Å²) in [6.45, 7) is 1.93. The first-order chi connectivity index (χ1) is 10.5. The third-order valence-electron chi connectivity index (χ3n) is 2.90. The minimum atomic E-state index is -1.05. The van der Waals surface area contributed by atoms with Crippen LogP contribution in [0.2, 0.25) is 5.02 Å². The van der Waals surface area contributed by atoms with Crippen molar-refractivity contribution in [2.45, 2.75) is 13.3 Å². The number of hydrogen-bond acceptors (Lipinski definition) is 3. The third kappa shape index (κ3) is 4.19. The lowest BCUT2D eigenvalue weighted by Crippen LogP contribution is -2.09. The molecule has 22 heavy (non-hydrogen) atoms. The standard InChI is InChI=1S/C16H14ClNO3S/c1-2-12-9-13(16(20)21)15(22-12)18-14(19)8-5-10-3-6-11(17)7-4-10/h3-9H,2H2,1H3,(H,18,19)(H,20,21)/b8-5+. The fourth-order valence-electron chi connectivity index (χ4n) is 1.77. The number of nitrogens with one attached hydrogen (secondary N) is 1. The zero-order valence-electron chi connectivity index (χ0n) is 11.8. The molecule has 0 bridgehead atoms. The molecule has 0 aliphatic rings. The second kappa shape index (κ2) is 7.24. The Balaban J connectivity index is 2.10. The SMILES string of the molecule is CCc1cc(C(=O)O)c(NC(=O)/C=C/c2ccc(Cl)cc2)s1. The van der Waals surface area contributed by atoms with Crippen LogP contribution in [0.15, 0.2) is 36.4 Å². The molecule has 0 aliphatic heterocycles. The van der Waals surface area contributed by atoms with Gasteiger partial charge in [0.15, 0.2) is 0 Å². The molecule has 114 valence electrons. The smallest absolute Gasteiger partial charge is 0.338 e. The molecule has 0 saturated carbocycles. The summed E-state index contributed by atoms with van der Waals surface area (Å²) in [6.07, 6.45) is 3.72. The number of aryl methyl sites for hydroxylation is 1. The highest BCUT2D eigenvalue weighted by atomic mass is 35.5. The van der Waals surface area contributed by atoms with Crippen LogP contribution in [0.4, 0.5) is 5.00 Å². The molecule has 4 nitrogen and oxygen atoms in total. The number of hydrogen-bond donors (Lipinski definition) is 2. The van der Waals surface area contributed by atoms with Gasteiger partial charge in [0.2, 0.25) is 5.91 Å². The molecule has 0 atom stereocenters. The topological polar surface area (TPSA) is 66.4 Å². The zero-order valence-corrected chi connectivity index (χ0v) is 13.4. The van der Waals surface area contributed by atoms with Crippen LogP contribution in [0, 0.1) is 0 Å². The summed E-state index contributed by atoms with van der Waals surface area (Å²) in [7, 11) is 0. The van der Waals surface area contributed by atoms with Crippen LogP contribution < -0.4 is 5.32 Å². The van der Waals surface area contributed by atoms with E-state index in [2.05, 4.69) is 5.32 Å². The molecular weight excluding hydrogens is 322 g/mol. The molecule has 1 aromatic heterocycles. The molecule has 0 spiro atoms. The number of thiophene rings is 1. The van der Waals surface area contributed by atoms with Crippen molar-refractivity contribution in [3.8, 4) is 0 Å². The lowest BCUT2D eigenvalue weighted by Gasteiger charge is -2.00. The van der Waals surface area contributed by atoms with Crippen LogP contribution in [-0.4, -0.2) is 17.0 Å². The van der Waals surface area contributed by atoms with Crippen molar-refractivity contribution in [2.24, 2.45) is 0 Å². The van der Waals surface area contributed by atoms with E-state index in [1.165, 1.54) is 17.4 Å². The highest BCUT2D eigenvalue weighted by Gasteiger charge is 2.15. The number of aromatic carboxylic acids is 1. The molecule has 6 heteroatoms. The molecule has 1 heterocycles. The predicted octanol–water partition coefficient (Wildman–Crippen LogP) is 4.31. The van der Waals surface area contributed by atoms with Crippen LogP contribution in [-0.2, 0) is 11.2 Å². The predicted molar refractivity (Wildman–Crippen MR) is 89.8 cm³/mol. The fraction of sp³-hybridized carbons (Fsp3) is 0.125. The molecule has 2 N–H and O–H groups in total. The molecule has 0 fully saturated rings. The van der Waals surface area contributed by atoms with E-state index in [1.54, 1.807) is 36.4 Å². The maximum atomic E-state index is 11.9. The summed E-state index contributed by atoms with van der Waals surface area (Å²) in [5.74, 6) is -1.42. The maximum absolute atomic E-state index is 11.9. The molecule has 0 radical (unpaired) electrons. The Morgan fingerprint density at radius 2 is 2.00 bits per heavy atom. The molecule has 0 unspecified atom stereocenters. The summed E-state index contributed by atoms with van der Waals surface area (Å²) >= 11 is 7.06. The molecule has 1 amide bonds. The monoisotopic (exact) mass is 335 g/mol. The van der Waals surface area contributed by atoms with E-state index in [0.29, 0.717) is 10.0 Å². The molecule has 0 aliphatic carbocycles. The molecule has 1 aromatic carbocycles. The Kier molecular flexibility index (Phi) is 5.35. The minimum absolute atomic E-state index is 0.120. The van der Waals surface area contributed by atoms with Crippen LogP contribution in [0.3, 0.4) is 0 Å². The number of carbonyl (C=O) groups is 2. The van der Waals surface area contributed by atoms with Gasteiger partial charge in [-0.1, -0.05) is 30.7 Å². The Morgan fingerprint density at radius 1 is 1.32 bits per heavy atom. The van der Waals surface area contributed by atoms with Crippen molar-refractivity contribution < 1.29 is 14.7 Å². The average Bonchev–Trinajstić information content (AvgIpc) is 2.90. The van der Waals surface area contributed by atoms with Gasteiger partial charge >= 0.3 is 5.97 Å². The van der Waals surface area contributed by atoms with Gasteiger partial charge in [-0.15, -0.1) is 11.3 Å². The number of anilines is 1. The number of rotatable bonds is 5. The largest absolute Gasteiger partial charge is 0.478 e. The van der Waals surface area contributed by atoms with Crippen LogP contribution in [0.5, 0.6) is 0 Å². The van der Waals surface area contributed by atoms with Crippen molar-refractivity contribution in [3.05, 3.63) is 57.4 Å². The first kappa shape index (κ1) is 16.3. The van der Waals surface area contributed by atoms with E-state index in [0.717, 1.165) is 16.9 Å². The van der Waals surface area contributed by atoms with E-state index < -0.39 is 5.97 Å². The van der Waals surface area contributed by atoms with E-state index in [1.807, 2.05) is 6.92 Å². The highest BCUT2D eigenvalue weighted by Crippen LogP contribution is 2.28. The van der Waals surface area contributed by atoms with Gasteiger partial charge in [-0.3, -0.25) is 4.79 Å². The van der Waals surface area contributed by atoms with Crippen LogP contribution in [0.25, 0.3) is 6.08 Å². The summed E-state index contributed by atoms with van der Waals surface area (Å²) in [5, 5.41) is 12.7. The molecule has 2 aromatic rings. The summed E-state index contributed by atoms with van der Waals surface area (Å²) in [5.41, 5.74) is 0.952. The molecular formula is C16H14ClNO3S. The Labute approximate surface area is 137 Å². The van der Waals surface area contributed by atoms with Gasteiger partial charge < -0.3 is 10.4 Å². The minimum Gasteiger partial charge on any atom is -0.478 e. The summed E-state index contributed by atoms with van der Waals surface area (Å²) in [6, 6.07) is 8.62. The van der Waals surface area contributed by atoms with Gasteiger partial charge in [0.25, 0.3) is 0 Å². The van der Waals surface area contributed by atoms with Crippen molar-refractivity contribution in [1.29, 1.82) is 0 Å². The number of carbonyl (C=O) groups excluding carboxylic acids is 1. The van der Waals surface area contributed by atoms with Gasteiger partial charge in [0.1, 0.15) is 5.00 Å². The Bertz CT molecular complexity index is 719. The van der Waals surface area contributed by atoms with Crippen molar-refractivity contribution in [2.75, 3.05) is 5.32 Å². The first-order valence-corrected chi connectivity index (χ1v) is 7.79. The fourth-order valence-corrected chi connectivity index (χ4v) is 2.88. The maximum Gasteiger partial charge on any atom is 0.338 e. The van der Waals surface area contributed by atoms with Gasteiger partial charge in [0.05, 0.1) is 5.56 Å². The lowest BCUT2D eigenvalue weighted by atomic mass is 10.2. The zero-order chi connectivity index (χ0) is 16.1. The van der Waals surface area contributed by atoms with E-state index >= 15 is 0 Å². The molecule has 2 rings (SSSR count). The number of carboxylic acids is 1. The number of amides is 1. The summed E-state index contributed by atoms with van der Waals surface area (Å²) in [4.78, 5) is 24.0. The van der Waals surface area contributed by atoms with Crippen molar-refractivity contribution >= 4 is 45.9 Å². The third-order valence-corrected chi connectivity index (χ3v) is 4.34. The Morgan fingerprint density at radius 3 is 2.59 bits per heavy atom. The van der Waals surface area contributed by atoms with E-state index in [4.69, 9.17) is 16.7 Å². The van der Waals surface area contributed by atoms with Crippen LogP contribution in [0.1, 0.15) is 27.7 Å². The average molecular weight is 336 g/mol. The van der Waals surface area contributed by atoms with Gasteiger partial charge in [-0.25, -0.2) is 4.79 Å². The van der Waals surface area contributed by atoms with E-state index in [9.17, 15) is 9.59 Å². The lowest BCUT2D eigenvalue weighted by molar-refractivity contribution is -0.111. The quantitative estimate of drug-likeness (QED) is 0.800. The number of halogens is 1. The normalized spacial score (nSPS) is 10.8. The van der Waals surface area contributed by atoms with Crippen molar-refractivity contribution in [1.82, 2.24) is 0 Å². The van der Waals surface area contributed by atoms with Gasteiger partial charge in [-0.05, 0) is 36.3 Å². The Hall–Kier alpha value is -2.11. The molecule has 0 saturated heterocycles. The highest BCUT2D eigenvalue weighted by molar-refractivity contribution is 7.16. The number of carboxylic acid groups (broad SMARTS) is 1. The van der Waals surface area contributed by atoms with Gasteiger partial charge in [-0.2, -0.15) is 0 Å². The second-order valence-corrected chi connectivity index (χ2v) is 6.06. The summed E-state index contributed by atoms with van der Waals surface area (Å²) < 4.78 is 0. The van der Waals surface area contributed by atoms with E-state index in [-0.39, 0.29) is 11.5 Å².